The Hall–Kier alpha value is -6.93. The fourth-order valence-corrected chi connectivity index (χ4v) is 8.28. The molecule has 30 heteroatoms. The molecule has 1 heterocycles. The number of aliphatic hydroxyl groups excluding tert-OH is 4. The molecule has 1 aromatic rings. The number of hydrogen-bond donors (Lipinski definition) is 19. The minimum Gasteiger partial charge on any atom is -0.394 e. The fraction of sp³-hybridized carbons (Fsp3) is 0.667. The predicted octanol–water partition coefficient (Wildman–Crippen LogP) is -7.90. The van der Waals surface area contributed by atoms with E-state index in [1.54, 1.807) is 30.3 Å². The van der Waals surface area contributed by atoms with Crippen LogP contribution >= 0.6 is 0 Å². The zero-order valence-electron chi connectivity index (χ0n) is 46.3. The van der Waals surface area contributed by atoms with Gasteiger partial charge in [-0.3, -0.25) is 52.7 Å². The Bertz CT molecular complexity index is 2210. The highest BCUT2D eigenvalue weighted by atomic mass is 16.3. The van der Waals surface area contributed by atoms with Crippen molar-refractivity contribution in [3.05, 3.63) is 35.9 Å². The monoisotopic (exact) mass is 1150 g/mol. The third-order valence-electron chi connectivity index (χ3n) is 12.9. The Morgan fingerprint density at radius 2 is 1.01 bits per heavy atom. The van der Waals surface area contributed by atoms with E-state index in [4.69, 9.17) is 22.9 Å². The first kappa shape index (κ1) is 70.2. The molecular formula is C51H87N15O15. The molecule has 1 fully saturated rings. The van der Waals surface area contributed by atoms with Crippen LogP contribution in [0, 0.1) is 0 Å². The number of nitrogens with two attached hydrogens (primary N) is 4. The molecule has 0 radical (unpaired) electrons. The van der Waals surface area contributed by atoms with Crippen molar-refractivity contribution in [1.82, 2.24) is 58.5 Å². The lowest BCUT2D eigenvalue weighted by atomic mass is 10.0. The summed E-state index contributed by atoms with van der Waals surface area (Å²) in [7, 11) is 0. The maximum Gasteiger partial charge on any atom is 0.245 e. The maximum atomic E-state index is 14.3. The smallest absolute Gasteiger partial charge is 0.245 e. The second-order valence-corrected chi connectivity index (χ2v) is 19.6. The Morgan fingerprint density at radius 3 is 1.52 bits per heavy atom. The molecule has 0 spiro atoms. The number of benzene rings is 1. The highest BCUT2D eigenvalue weighted by Crippen LogP contribution is 2.10. The third-order valence-corrected chi connectivity index (χ3v) is 12.9. The summed E-state index contributed by atoms with van der Waals surface area (Å²) < 4.78 is 0. The second-order valence-electron chi connectivity index (χ2n) is 19.6. The van der Waals surface area contributed by atoms with Crippen molar-refractivity contribution in [2.24, 2.45) is 22.9 Å². The molecule has 0 aliphatic carbocycles. The van der Waals surface area contributed by atoms with Crippen LogP contribution in [0.25, 0.3) is 0 Å². The summed E-state index contributed by atoms with van der Waals surface area (Å²) >= 11 is 0. The SMILES string of the molecule is CCCCCCCC(=O)N[C@@H](CCN)C(=O)N[C@@H](CO)C(=O)NC(CO)C(=O)N[C@H]1CCNC(=O)[C@H]([C@@H](C)O)NC(=O)[C@H](CCN)NC(=O)[C@H](CCN)NC(=O)[C@H]([C@@H](C)O)NC(=O)[C@@H](Cc2ccccc2)NC(=O)[C@H](CCN)NC1=O. The van der Waals surface area contributed by atoms with Crippen molar-refractivity contribution in [2.45, 2.75) is 170 Å². The average Bonchev–Trinajstić information content (AvgIpc) is 3.43. The summed E-state index contributed by atoms with van der Waals surface area (Å²) in [5.41, 5.74) is 23.6. The van der Waals surface area contributed by atoms with Crippen LogP contribution in [-0.2, 0) is 59.2 Å². The van der Waals surface area contributed by atoms with Crippen LogP contribution in [0.15, 0.2) is 30.3 Å². The van der Waals surface area contributed by atoms with E-state index in [0.29, 0.717) is 12.0 Å². The van der Waals surface area contributed by atoms with Gasteiger partial charge in [0.05, 0.1) is 25.4 Å². The predicted molar refractivity (Wildman–Crippen MR) is 293 cm³/mol. The molecule has 12 atom stereocenters. The van der Waals surface area contributed by atoms with Gasteiger partial charge in [0, 0.05) is 19.4 Å². The number of nitrogens with one attached hydrogen (secondary N) is 11. The number of carbonyl (C=O) groups excluding carboxylic acids is 11. The quantitative estimate of drug-likeness (QED) is 0.0364. The molecule has 1 saturated heterocycles. The molecule has 1 unspecified atom stereocenters. The van der Waals surface area contributed by atoms with Crippen molar-refractivity contribution in [3.8, 4) is 0 Å². The van der Waals surface area contributed by atoms with Gasteiger partial charge in [-0.05, 0) is 84.1 Å². The maximum absolute atomic E-state index is 14.3. The zero-order chi connectivity index (χ0) is 60.6. The standard InChI is InChI=1S/C51H87N15O15/c1-4-5-6-7-11-14-39(71)57-31(15-20-52)42(72)63-38(27-68)49(79)64-37(26-67)48(78)60-35-19-24-56-50(80)40(28(2)69)65-46(76)34(18-23-55)59-43(73)33(17-22-54)61-51(81)41(29(3)70)66-47(77)36(25-30-12-9-8-10-13-30)62-44(74)32(16-21-53)58-45(35)75/h8-10,12-13,28-29,31-38,40-41,67-70H,4-7,11,14-27,52-55H2,1-3H3,(H,56,80)(H,57,71)(H,58,75)(H,59,73)(H,60,78)(H,61,81)(H,62,74)(H,63,72)(H,64,79)(H,65,76)(H,66,77)/t28-,29-,31+,32+,33+,34+,35+,36-,37?,38+,40+,41+/m1/s1. The van der Waals surface area contributed by atoms with Crippen molar-refractivity contribution in [2.75, 3.05) is 45.9 Å². The molecule has 11 amide bonds. The minimum atomic E-state index is -1.90. The number of carbonyl (C=O) groups is 11. The lowest BCUT2D eigenvalue weighted by molar-refractivity contribution is -0.137. The lowest BCUT2D eigenvalue weighted by Gasteiger charge is -2.28. The largest absolute Gasteiger partial charge is 0.394 e. The average molecular weight is 1150 g/mol. The molecule has 1 aliphatic heterocycles. The van der Waals surface area contributed by atoms with E-state index in [0.717, 1.165) is 32.6 Å². The van der Waals surface area contributed by atoms with E-state index in [1.165, 1.54) is 6.92 Å². The first-order chi connectivity index (χ1) is 38.6. The molecule has 2 rings (SSSR count). The van der Waals surface area contributed by atoms with E-state index < -0.39 is 164 Å². The van der Waals surface area contributed by atoms with Gasteiger partial charge in [0.25, 0.3) is 0 Å². The van der Waals surface area contributed by atoms with E-state index >= 15 is 0 Å². The highest BCUT2D eigenvalue weighted by molar-refractivity contribution is 5.99. The minimum absolute atomic E-state index is 0.0415. The molecule has 30 nitrogen and oxygen atoms in total. The normalized spacial score (nSPS) is 23.0. The van der Waals surface area contributed by atoms with Gasteiger partial charge in [0.2, 0.25) is 65.0 Å². The summed E-state index contributed by atoms with van der Waals surface area (Å²) in [6.45, 7) is 1.03. The van der Waals surface area contributed by atoms with E-state index in [2.05, 4.69) is 58.5 Å². The Morgan fingerprint density at radius 1 is 0.556 bits per heavy atom. The summed E-state index contributed by atoms with van der Waals surface area (Å²) in [4.78, 5) is 151. The summed E-state index contributed by atoms with van der Waals surface area (Å²) in [5.74, 6) is -11.0. The number of aliphatic hydroxyl groups is 4. The van der Waals surface area contributed by atoms with Crippen molar-refractivity contribution >= 4 is 65.0 Å². The van der Waals surface area contributed by atoms with Gasteiger partial charge >= 0.3 is 0 Å². The second kappa shape index (κ2) is 37.9. The van der Waals surface area contributed by atoms with Crippen LogP contribution in [0.5, 0.6) is 0 Å². The number of rotatable bonds is 27. The van der Waals surface area contributed by atoms with Crippen molar-refractivity contribution in [1.29, 1.82) is 0 Å². The van der Waals surface area contributed by atoms with Gasteiger partial charge in [-0.15, -0.1) is 0 Å². The molecular weight excluding hydrogens is 1060 g/mol. The molecule has 456 valence electrons. The van der Waals surface area contributed by atoms with Crippen LogP contribution in [0.3, 0.4) is 0 Å². The summed E-state index contributed by atoms with van der Waals surface area (Å²) in [6, 6.07) is -7.92. The van der Waals surface area contributed by atoms with E-state index in [9.17, 15) is 73.2 Å². The van der Waals surface area contributed by atoms with Crippen LogP contribution in [0.4, 0.5) is 0 Å². The van der Waals surface area contributed by atoms with E-state index in [-0.39, 0.29) is 64.7 Å². The lowest BCUT2D eigenvalue weighted by Crippen LogP contribution is -2.62. The van der Waals surface area contributed by atoms with Gasteiger partial charge in [-0.25, -0.2) is 0 Å². The number of amides is 11. The molecule has 23 N–H and O–H groups in total. The molecule has 1 aliphatic rings. The molecule has 0 aromatic heterocycles. The molecule has 1 aromatic carbocycles. The van der Waals surface area contributed by atoms with Crippen LogP contribution in [0.1, 0.15) is 97.0 Å². The summed E-state index contributed by atoms with van der Waals surface area (Å²) in [6.07, 6.45) is -0.336. The van der Waals surface area contributed by atoms with Crippen LogP contribution < -0.4 is 81.4 Å². The Labute approximate surface area is 470 Å². The van der Waals surface area contributed by atoms with Gasteiger partial charge in [0.1, 0.15) is 60.4 Å². The first-order valence-electron chi connectivity index (χ1n) is 27.3. The van der Waals surface area contributed by atoms with Crippen molar-refractivity contribution in [3.63, 3.8) is 0 Å². The first-order valence-corrected chi connectivity index (χ1v) is 27.3. The third kappa shape index (κ3) is 24.8. The Balaban J connectivity index is 2.61. The molecule has 0 saturated carbocycles. The Kier molecular flexibility index (Phi) is 32.8. The summed E-state index contributed by atoms with van der Waals surface area (Å²) in [5, 5.41) is 68.5. The van der Waals surface area contributed by atoms with Crippen LogP contribution in [-0.4, -0.2) is 204 Å². The number of unbranched alkanes of at least 4 members (excludes halogenated alkanes) is 4. The topological polar surface area (TPSA) is 505 Å². The van der Waals surface area contributed by atoms with Gasteiger partial charge in [0.15, 0.2) is 0 Å². The number of hydrogen-bond acceptors (Lipinski definition) is 19. The van der Waals surface area contributed by atoms with Gasteiger partial charge < -0.3 is 102 Å². The molecule has 0 bridgehead atoms. The zero-order valence-corrected chi connectivity index (χ0v) is 46.3. The van der Waals surface area contributed by atoms with E-state index in [1.807, 2.05) is 6.92 Å². The fourth-order valence-electron chi connectivity index (χ4n) is 8.28. The van der Waals surface area contributed by atoms with Gasteiger partial charge in [-0.1, -0.05) is 62.9 Å². The highest BCUT2D eigenvalue weighted by Gasteiger charge is 2.37. The van der Waals surface area contributed by atoms with Crippen LogP contribution in [0.2, 0.25) is 0 Å². The van der Waals surface area contributed by atoms with Gasteiger partial charge in [-0.2, -0.15) is 0 Å². The van der Waals surface area contributed by atoms with Crippen molar-refractivity contribution < 1.29 is 73.2 Å². The molecule has 81 heavy (non-hydrogen) atoms.